The van der Waals surface area contributed by atoms with E-state index in [2.05, 4.69) is 45.3 Å². The van der Waals surface area contributed by atoms with E-state index in [4.69, 9.17) is 0 Å². The maximum atomic E-state index is 4.68. The standard InChI is InChI=1S/C16H29N5/c1-4-17-16(19-15-8-5-6-9-15)18-10-7-11-21-14(3)12-13(2)20-21/h12,15H,4-11H2,1-3H3,(H2,17,18,19). The van der Waals surface area contributed by atoms with Crippen molar-refractivity contribution in [3.63, 3.8) is 0 Å². The Balaban J connectivity index is 1.77. The Morgan fingerprint density at radius 3 is 2.76 bits per heavy atom. The van der Waals surface area contributed by atoms with Crippen LogP contribution < -0.4 is 10.6 Å². The summed E-state index contributed by atoms with van der Waals surface area (Å²) in [6, 6.07) is 2.73. The van der Waals surface area contributed by atoms with Gasteiger partial charge in [0.05, 0.1) is 5.69 Å². The molecule has 0 saturated heterocycles. The molecule has 21 heavy (non-hydrogen) atoms. The largest absolute Gasteiger partial charge is 0.357 e. The third-order valence-electron chi connectivity index (χ3n) is 3.94. The van der Waals surface area contributed by atoms with E-state index in [0.717, 1.165) is 37.7 Å². The van der Waals surface area contributed by atoms with Gasteiger partial charge in [-0.25, -0.2) is 0 Å². The van der Waals surface area contributed by atoms with Crippen LogP contribution in [-0.2, 0) is 6.54 Å². The van der Waals surface area contributed by atoms with E-state index in [-0.39, 0.29) is 0 Å². The lowest BCUT2D eigenvalue weighted by Gasteiger charge is -2.16. The lowest BCUT2D eigenvalue weighted by Crippen LogP contribution is -2.42. The molecule has 2 rings (SSSR count). The van der Waals surface area contributed by atoms with Crippen LogP contribution in [0.1, 0.15) is 50.4 Å². The Hall–Kier alpha value is -1.52. The highest BCUT2D eigenvalue weighted by atomic mass is 15.3. The van der Waals surface area contributed by atoms with Crippen molar-refractivity contribution < 1.29 is 0 Å². The molecule has 1 aliphatic rings. The van der Waals surface area contributed by atoms with Crippen molar-refractivity contribution in [2.75, 3.05) is 13.1 Å². The maximum absolute atomic E-state index is 4.68. The van der Waals surface area contributed by atoms with Gasteiger partial charge < -0.3 is 10.6 Å². The van der Waals surface area contributed by atoms with E-state index in [1.165, 1.54) is 31.4 Å². The summed E-state index contributed by atoms with van der Waals surface area (Å²) in [4.78, 5) is 4.68. The summed E-state index contributed by atoms with van der Waals surface area (Å²) in [5, 5.41) is 11.4. The van der Waals surface area contributed by atoms with Crippen LogP contribution in [0.2, 0.25) is 0 Å². The first-order chi connectivity index (χ1) is 10.2. The van der Waals surface area contributed by atoms with E-state index in [9.17, 15) is 0 Å². The molecule has 1 aliphatic carbocycles. The van der Waals surface area contributed by atoms with Crippen molar-refractivity contribution in [2.24, 2.45) is 4.99 Å². The van der Waals surface area contributed by atoms with Crippen molar-refractivity contribution in [3.8, 4) is 0 Å². The first kappa shape index (κ1) is 15.9. The van der Waals surface area contributed by atoms with E-state index < -0.39 is 0 Å². The van der Waals surface area contributed by atoms with E-state index in [1.807, 2.05) is 6.92 Å². The Morgan fingerprint density at radius 2 is 2.14 bits per heavy atom. The molecule has 0 aliphatic heterocycles. The molecule has 0 atom stereocenters. The summed E-state index contributed by atoms with van der Waals surface area (Å²) < 4.78 is 2.07. The van der Waals surface area contributed by atoms with Crippen LogP contribution in [0.3, 0.4) is 0 Å². The highest BCUT2D eigenvalue weighted by Crippen LogP contribution is 2.17. The van der Waals surface area contributed by atoms with Crippen molar-refractivity contribution in [1.82, 2.24) is 20.4 Å². The first-order valence-electron chi connectivity index (χ1n) is 8.25. The smallest absolute Gasteiger partial charge is 0.191 e. The molecule has 1 saturated carbocycles. The third-order valence-corrected chi connectivity index (χ3v) is 3.94. The molecule has 1 heterocycles. The molecule has 2 N–H and O–H groups in total. The van der Waals surface area contributed by atoms with Gasteiger partial charge in [-0.2, -0.15) is 5.10 Å². The number of nitrogens with one attached hydrogen (secondary N) is 2. The van der Waals surface area contributed by atoms with Gasteiger partial charge in [-0.1, -0.05) is 12.8 Å². The zero-order valence-electron chi connectivity index (χ0n) is 13.7. The van der Waals surface area contributed by atoms with E-state index in [0.29, 0.717) is 6.04 Å². The molecule has 0 spiro atoms. The molecule has 118 valence electrons. The summed E-state index contributed by atoms with van der Waals surface area (Å²) in [6.45, 7) is 8.94. The molecular weight excluding hydrogens is 262 g/mol. The summed E-state index contributed by atoms with van der Waals surface area (Å²) in [5.74, 6) is 0.970. The quantitative estimate of drug-likeness (QED) is 0.481. The number of nitrogens with zero attached hydrogens (tertiary/aromatic N) is 3. The number of rotatable bonds is 6. The number of aliphatic imine (C=N–C) groups is 1. The molecule has 5 heteroatoms. The molecule has 0 radical (unpaired) electrons. The highest BCUT2D eigenvalue weighted by molar-refractivity contribution is 5.80. The second kappa shape index (κ2) is 8.05. The molecule has 5 nitrogen and oxygen atoms in total. The fraction of sp³-hybridized carbons (Fsp3) is 0.750. The third kappa shape index (κ3) is 5.06. The highest BCUT2D eigenvalue weighted by Gasteiger charge is 2.15. The summed E-state index contributed by atoms with van der Waals surface area (Å²) in [6.07, 6.45) is 6.25. The van der Waals surface area contributed by atoms with Crippen molar-refractivity contribution >= 4 is 5.96 Å². The fourth-order valence-electron chi connectivity index (χ4n) is 2.90. The topological polar surface area (TPSA) is 54.2 Å². The van der Waals surface area contributed by atoms with Crippen molar-refractivity contribution in [3.05, 3.63) is 17.5 Å². The van der Waals surface area contributed by atoms with Crippen LogP contribution in [0.15, 0.2) is 11.1 Å². The monoisotopic (exact) mass is 291 g/mol. The normalized spacial score (nSPS) is 16.4. The minimum Gasteiger partial charge on any atom is -0.357 e. The van der Waals surface area contributed by atoms with Gasteiger partial charge in [-0.3, -0.25) is 9.67 Å². The zero-order chi connectivity index (χ0) is 15.1. The number of aryl methyl sites for hydroxylation is 3. The molecule has 1 aromatic rings. The minimum absolute atomic E-state index is 0.610. The Labute approximate surface area is 128 Å². The molecule has 0 aromatic carbocycles. The predicted molar refractivity (Wildman–Crippen MR) is 87.7 cm³/mol. The van der Waals surface area contributed by atoms with Crippen LogP contribution in [0.5, 0.6) is 0 Å². The second-order valence-corrected chi connectivity index (χ2v) is 5.89. The zero-order valence-corrected chi connectivity index (χ0v) is 13.7. The molecular formula is C16H29N5. The maximum Gasteiger partial charge on any atom is 0.191 e. The van der Waals surface area contributed by atoms with Crippen molar-refractivity contribution in [2.45, 2.75) is 65.5 Å². The number of hydrogen-bond acceptors (Lipinski definition) is 2. The average molecular weight is 291 g/mol. The van der Waals surface area contributed by atoms with E-state index >= 15 is 0 Å². The Morgan fingerprint density at radius 1 is 1.38 bits per heavy atom. The average Bonchev–Trinajstić information content (AvgIpc) is 3.05. The predicted octanol–water partition coefficient (Wildman–Crippen LogP) is 2.39. The van der Waals surface area contributed by atoms with Gasteiger partial charge >= 0.3 is 0 Å². The summed E-state index contributed by atoms with van der Waals surface area (Å²) >= 11 is 0. The molecule has 0 bridgehead atoms. The minimum atomic E-state index is 0.610. The van der Waals surface area contributed by atoms with Crippen LogP contribution in [0.4, 0.5) is 0 Å². The lowest BCUT2D eigenvalue weighted by molar-refractivity contribution is 0.564. The second-order valence-electron chi connectivity index (χ2n) is 5.89. The summed E-state index contributed by atoms with van der Waals surface area (Å²) in [5.41, 5.74) is 2.32. The van der Waals surface area contributed by atoms with Crippen LogP contribution in [-0.4, -0.2) is 34.9 Å². The first-order valence-corrected chi connectivity index (χ1v) is 8.25. The van der Waals surface area contributed by atoms with Crippen molar-refractivity contribution in [1.29, 1.82) is 0 Å². The van der Waals surface area contributed by atoms with Gasteiger partial charge in [0, 0.05) is 31.4 Å². The van der Waals surface area contributed by atoms with Crippen LogP contribution in [0, 0.1) is 13.8 Å². The van der Waals surface area contributed by atoms with E-state index in [1.54, 1.807) is 0 Å². The fourth-order valence-corrected chi connectivity index (χ4v) is 2.90. The summed E-state index contributed by atoms with van der Waals surface area (Å²) in [7, 11) is 0. The lowest BCUT2D eigenvalue weighted by atomic mass is 10.2. The van der Waals surface area contributed by atoms with Gasteiger partial charge in [-0.15, -0.1) is 0 Å². The Kier molecular flexibility index (Phi) is 6.08. The number of guanidine groups is 1. The molecule has 1 aromatic heterocycles. The number of hydrogen-bond donors (Lipinski definition) is 2. The van der Waals surface area contributed by atoms with Gasteiger partial charge in [0.15, 0.2) is 5.96 Å². The van der Waals surface area contributed by atoms with Gasteiger partial charge in [0.2, 0.25) is 0 Å². The molecule has 1 fully saturated rings. The van der Waals surface area contributed by atoms with Gasteiger partial charge in [-0.05, 0) is 46.1 Å². The van der Waals surface area contributed by atoms with Gasteiger partial charge in [0.1, 0.15) is 0 Å². The SMILES string of the molecule is CCNC(=NCCCn1nc(C)cc1C)NC1CCCC1. The van der Waals surface area contributed by atoms with Crippen LogP contribution in [0.25, 0.3) is 0 Å². The van der Waals surface area contributed by atoms with Gasteiger partial charge in [0.25, 0.3) is 0 Å². The number of aromatic nitrogens is 2. The Bertz CT molecular complexity index is 457. The molecule has 0 unspecified atom stereocenters. The van der Waals surface area contributed by atoms with Crippen LogP contribution >= 0.6 is 0 Å². The molecule has 0 amide bonds.